The van der Waals surface area contributed by atoms with Gasteiger partial charge in [-0.25, -0.2) is 4.79 Å². The lowest BCUT2D eigenvalue weighted by Crippen LogP contribution is -2.45. The Morgan fingerprint density at radius 3 is 2.48 bits per heavy atom. The minimum absolute atomic E-state index is 0.0258. The van der Waals surface area contributed by atoms with Gasteiger partial charge in [0.05, 0.1) is 13.5 Å². The van der Waals surface area contributed by atoms with Gasteiger partial charge in [0.2, 0.25) is 5.91 Å². The van der Waals surface area contributed by atoms with Gasteiger partial charge in [-0.2, -0.15) is 10.1 Å². The maximum atomic E-state index is 12.3. The van der Waals surface area contributed by atoms with E-state index in [0.29, 0.717) is 5.56 Å². The Morgan fingerprint density at radius 2 is 1.95 bits per heavy atom. The molecule has 2 rings (SSSR count). The van der Waals surface area contributed by atoms with E-state index in [1.54, 1.807) is 44.2 Å². The molecule has 112 valence electrons. The van der Waals surface area contributed by atoms with E-state index < -0.39 is 11.7 Å². The number of benzene rings is 1. The van der Waals surface area contributed by atoms with Gasteiger partial charge < -0.3 is 9.84 Å². The number of ether oxygens (including phenoxy) is 1. The molecule has 1 heterocycles. The topological polar surface area (TPSA) is 79.2 Å². The highest BCUT2D eigenvalue weighted by Gasteiger charge is 2.48. The first kappa shape index (κ1) is 15.2. The largest absolute Gasteiger partial charge is 0.464 e. The number of rotatable bonds is 3. The molecule has 1 aliphatic rings. The van der Waals surface area contributed by atoms with Gasteiger partial charge in [0, 0.05) is 11.5 Å². The van der Waals surface area contributed by atoms with Crippen molar-refractivity contribution in [2.24, 2.45) is 11.0 Å². The Hall–Kier alpha value is -2.21. The van der Waals surface area contributed by atoms with Gasteiger partial charge in [0.1, 0.15) is 0 Å². The molecule has 1 aliphatic heterocycles. The number of amides is 1. The molecular formula is C15H18N2O4. The van der Waals surface area contributed by atoms with E-state index in [0.717, 1.165) is 5.01 Å². The zero-order chi connectivity index (χ0) is 15.6. The molecule has 6 nitrogen and oxygen atoms in total. The van der Waals surface area contributed by atoms with Crippen molar-refractivity contribution in [2.75, 3.05) is 7.11 Å². The smallest absolute Gasteiger partial charge is 0.354 e. The van der Waals surface area contributed by atoms with E-state index in [1.807, 2.05) is 0 Å². The van der Waals surface area contributed by atoms with Gasteiger partial charge >= 0.3 is 5.97 Å². The van der Waals surface area contributed by atoms with Gasteiger partial charge in [-0.05, 0) is 0 Å². The van der Waals surface area contributed by atoms with Crippen LogP contribution in [0.15, 0.2) is 35.4 Å². The monoisotopic (exact) mass is 290 g/mol. The first-order valence-corrected chi connectivity index (χ1v) is 6.68. The molecule has 0 fully saturated rings. The van der Waals surface area contributed by atoms with Gasteiger partial charge in [0.15, 0.2) is 11.4 Å². The average molecular weight is 290 g/mol. The van der Waals surface area contributed by atoms with Crippen LogP contribution in [0, 0.1) is 5.92 Å². The highest BCUT2D eigenvalue weighted by molar-refractivity contribution is 6.37. The maximum Gasteiger partial charge on any atom is 0.354 e. The molecule has 0 saturated heterocycles. The summed E-state index contributed by atoms with van der Waals surface area (Å²) in [5.41, 5.74) is -1.13. The number of aliphatic hydroxyl groups is 1. The molecule has 1 aromatic rings. The minimum Gasteiger partial charge on any atom is -0.464 e. The molecule has 0 spiro atoms. The third-order valence-electron chi connectivity index (χ3n) is 3.34. The summed E-state index contributed by atoms with van der Waals surface area (Å²) in [6, 6.07) is 8.69. The first-order valence-electron chi connectivity index (χ1n) is 6.68. The fourth-order valence-corrected chi connectivity index (χ4v) is 2.18. The van der Waals surface area contributed by atoms with Crippen molar-refractivity contribution >= 4 is 17.6 Å². The highest BCUT2D eigenvalue weighted by atomic mass is 16.5. The first-order chi connectivity index (χ1) is 9.90. The summed E-state index contributed by atoms with van der Waals surface area (Å²) in [6.07, 6.45) is -0.0951. The summed E-state index contributed by atoms with van der Waals surface area (Å²) in [7, 11) is 1.24. The molecule has 1 atom stereocenters. The van der Waals surface area contributed by atoms with Crippen molar-refractivity contribution in [2.45, 2.75) is 26.0 Å². The lowest BCUT2D eigenvalue weighted by atomic mass is 9.96. The van der Waals surface area contributed by atoms with Gasteiger partial charge in [-0.1, -0.05) is 44.2 Å². The van der Waals surface area contributed by atoms with E-state index >= 15 is 0 Å². The molecule has 21 heavy (non-hydrogen) atoms. The van der Waals surface area contributed by atoms with Crippen molar-refractivity contribution in [3.05, 3.63) is 35.9 Å². The highest BCUT2D eigenvalue weighted by Crippen LogP contribution is 2.36. The number of hydrogen-bond donors (Lipinski definition) is 1. The van der Waals surface area contributed by atoms with Crippen molar-refractivity contribution in [1.82, 2.24) is 5.01 Å². The van der Waals surface area contributed by atoms with Crippen LogP contribution in [0.5, 0.6) is 0 Å². The summed E-state index contributed by atoms with van der Waals surface area (Å²) in [5.74, 6) is -1.37. The quantitative estimate of drug-likeness (QED) is 0.850. The van der Waals surface area contributed by atoms with Gasteiger partial charge in [-0.15, -0.1) is 0 Å². The molecule has 0 radical (unpaired) electrons. The number of hydrazone groups is 1. The van der Waals surface area contributed by atoms with Crippen molar-refractivity contribution in [3.8, 4) is 0 Å². The van der Waals surface area contributed by atoms with Crippen LogP contribution in [0.25, 0.3) is 0 Å². The van der Waals surface area contributed by atoms with E-state index in [1.165, 1.54) is 7.11 Å². The predicted molar refractivity (Wildman–Crippen MR) is 76.1 cm³/mol. The Labute approximate surface area is 123 Å². The predicted octanol–water partition coefficient (Wildman–Crippen LogP) is 1.25. The summed E-state index contributed by atoms with van der Waals surface area (Å²) < 4.78 is 4.63. The summed E-state index contributed by atoms with van der Waals surface area (Å²) in [6.45, 7) is 3.42. The second-order valence-corrected chi connectivity index (χ2v) is 5.20. The second kappa shape index (κ2) is 5.65. The molecule has 0 bridgehead atoms. The van der Waals surface area contributed by atoms with Gasteiger partial charge in [0.25, 0.3) is 0 Å². The van der Waals surface area contributed by atoms with Crippen LogP contribution >= 0.6 is 0 Å². The summed E-state index contributed by atoms with van der Waals surface area (Å²) in [5, 5.41) is 15.9. The zero-order valence-corrected chi connectivity index (χ0v) is 12.2. The van der Waals surface area contributed by atoms with Crippen LogP contribution in [-0.2, 0) is 20.1 Å². The van der Waals surface area contributed by atoms with Crippen LogP contribution in [0.3, 0.4) is 0 Å². The molecule has 0 saturated carbocycles. The van der Waals surface area contributed by atoms with E-state index in [-0.39, 0.29) is 24.0 Å². The standard InChI is InChI=1S/C15H18N2O4/c1-10(2)13(18)17-15(20,11-7-5-4-6-8-11)9-12(16-17)14(19)21-3/h4-8,10,20H,9H2,1-3H3/t15-/m1/s1. The second-order valence-electron chi connectivity index (χ2n) is 5.20. The fourth-order valence-electron chi connectivity index (χ4n) is 2.18. The number of carbonyl (C=O) groups excluding carboxylic acids is 2. The van der Waals surface area contributed by atoms with Crippen LogP contribution in [0.4, 0.5) is 0 Å². The lowest BCUT2D eigenvalue weighted by Gasteiger charge is -2.32. The normalized spacial score (nSPS) is 21.4. The zero-order valence-electron chi connectivity index (χ0n) is 12.2. The number of carbonyl (C=O) groups is 2. The molecule has 6 heteroatoms. The van der Waals surface area contributed by atoms with Crippen molar-refractivity contribution in [1.29, 1.82) is 0 Å². The van der Waals surface area contributed by atoms with Crippen molar-refractivity contribution in [3.63, 3.8) is 0 Å². The van der Waals surface area contributed by atoms with E-state index in [2.05, 4.69) is 9.84 Å². The third-order valence-corrected chi connectivity index (χ3v) is 3.34. The van der Waals surface area contributed by atoms with Crippen LogP contribution in [0.1, 0.15) is 25.8 Å². The molecule has 0 unspecified atom stereocenters. The summed E-state index contributed by atoms with van der Waals surface area (Å²) in [4.78, 5) is 24.0. The third kappa shape index (κ3) is 2.67. The van der Waals surface area contributed by atoms with Crippen LogP contribution < -0.4 is 0 Å². The Bertz CT molecular complexity index is 583. The maximum absolute atomic E-state index is 12.3. The Morgan fingerprint density at radius 1 is 1.33 bits per heavy atom. The Kier molecular flexibility index (Phi) is 4.09. The van der Waals surface area contributed by atoms with Gasteiger partial charge in [-0.3, -0.25) is 4.79 Å². The Balaban J connectivity index is 2.45. The molecule has 1 N–H and O–H groups in total. The lowest BCUT2D eigenvalue weighted by molar-refractivity contribution is -0.161. The molecule has 1 aromatic carbocycles. The molecule has 0 aromatic heterocycles. The number of methoxy groups -OCH3 is 1. The average Bonchev–Trinajstić information content (AvgIpc) is 2.85. The fraction of sp³-hybridized carbons (Fsp3) is 0.400. The number of esters is 1. The molecule has 1 amide bonds. The molecule has 0 aliphatic carbocycles. The summed E-state index contributed by atoms with van der Waals surface area (Å²) >= 11 is 0. The van der Waals surface area contributed by atoms with E-state index in [9.17, 15) is 14.7 Å². The number of hydrogen-bond acceptors (Lipinski definition) is 5. The minimum atomic E-state index is -1.66. The SMILES string of the molecule is COC(=O)C1=NN(C(=O)C(C)C)[C@](O)(c2ccccc2)C1. The molecular weight excluding hydrogens is 272 g/mol. The van der Waals surface area contributed by atoms with Crippen LogP contribution in [-0.4, -0.2) is 34.8 Å². The van der Waals surface area contributed by atoms with Crippen LogP contribution in [0.2, 0.25) is 0 Å². The van der Waals surface area contributed by atoms with E-state index in [4.69, 9.17) is 0 Å². The number of nitrogens with zero attached hydrogens (tertiary/aromatic N) is 2. The van der Waals surface area contributed by atoms with Crippen molar-refractivity contribution < 1.29 is 19.4 Å².